The maximum atomic E-state index is 3.94. The average molecular weight is 273 g/mol. The zero-order valence-electron chi connectivity index (χ0n) is 12.2. The summed E-state index contributed by atoms with van der Waals surface area (Å²) in [4.78, 5) is 0. The maximum Gasteiger partial charge on any atom is 0.0701 e. The van der Waals surface area contributed by atoms with E-state index >= 15 is 0 Å². The van der Waals surface area contributed by atoms with Crippen LogP contribution in [0.15, 0.2) is 79.0 Å². The van der Waals surface area contributed by atoms with E-state index in [0.717, 1.165) is 0 Å². The first-order chi connectivity index (χ1) is 10.3. The van der Waals surface area contributed by atoms with Gasteiger partial charge in [-0.15, -0.1) is 0 Å². The number of benzene rings is 2. The molecule has 0 aromatic heterocycles. The third kappa shape index (κ3) is 2.82. The molecule has 0 radical (unpaired) electrons. The third-order valence-corrected chi connectivity index (χ3v) is 3.79. The first-order valence-corrected chi connectivity index (χ1v) is 7.21. The molecule has 21 heavy (non-hydrogen) atoms. The van der Waals surface area contributed by atoms with E-state index in [9.17, 15) is 0 Å². The van der Waals surface area contributed by atoms with Gasteiger partial charge in [-0.2, -0.15) is 0 Å². The summed E-state index contributed by atoms with van der Waals surface area (Å²) in [7, 11) is 0. The van der Waals surface area contributed by atoms with Crippen LogP contribution < -0.4 is 5.32 Å². The molecule has 2 aromatic rings. The standard InChI is InChI=1S/C20H19N/c1-3-16-10-11-18(17-7-5-4-6-8-17)13-19(16)20-12-9-15(2)14-21-20/h3-14,20-21H,1H2,2H3. The van der Waals surface area contributed by atoms with E-state index in [4.69, 9.17) is 0 Å². The molecule has 0 spiro atoms. The lowest BCUT2D eigenvalue weighted by atomic mass is 9.93. The van der Waals surface area contributed by atoms with E-state index in [0.29, 0.717) is 0 Å². The van der Waals surface area contributed by atoms with Gasteiger partial charge in [-0.25, -0.2) is 0 Å². The van der Waals surface area contributed by atoms with Gasteiger partial charge in [0.05, 0.1) is 6.04 Å². The van der Waals surface area contributed by atoms with Gasteiger partial charge in [-0.05, 0) is 40.8 Å². The molecule has 1 unspecified atom stereocenters. The molecule has 0 bridgehead atoms. The summed E-state index contributed by atoms with van der Waals surface area (Å²) in [6, 6.07) is 17.2. The molecule has 1 N–H and O–H groups in total. The van der Waals surface area contributed by atoms with Crippen LogP contribution in [0, 0.1) is 0 Å². The van der Waals surface area contributed by atoms with Gasteiger partial charge in [0, 0.05) is 6.20 Å². The van der Waals surface area contributed by atoms with Crippen molar-refractivity contribution in [3.63, 3.8) is 0 Å². The number of allylic oxidation sites excluding steroid dienone is 2. The first kappa shape index (κ1) is 13.4. The second-order valence-corrected chi connectivity index (χ2v) is 5.31. The molecule has 1 heterocycles. The smallest absolute Gasteiger partial charge is 0.0701 e. The minimum atomic E-state index is 0.199. The van der Waals surface area contributed by atoms with Crippen LogP contribution in [0.5, 0.6) is 0 Å². The van der Waals surface area contributed by atoms with Crippen LogP contribution in [-0.4, -0.2) is 0 Å². The summed E-state index contributed by atoms with van der Waals surface area (Å²) in [6.45, 7) is 6.03. The van der Waals surface area contributed by atoms with Crippen LogP contribution in [-0.2, 0) is 0 Å². The fraction of sp³-hybridized carbons (Fsp3) is 0.100. The van der Waals surface area contributed by atoms with Crippen LogP contribution in [0.4, 0.5) is 0 Å². The lowest BCUT2D eigenvalue weighted by Crippen LogP contribution is -2.17. The predicted molar refractivity (Wildman–Crippen MR) is 90.7 cm³/mol. The third-order valence-electron chi connectivity index (χ3n) is 3.79. The molecule has 1 aliphatic rings. The van der Waals surface area contributed by atoms with Gasteiger partial charge >= 0.3 is 0 Å². The van der Waals surface area contributed by atoms with Crippen LogP contribution in [0.2, 0.25) is 0 Å². The van der Waals surface area contributed by atoms with Gasteiger partial charge in [0.25, 0.3) is 0 Å². The van der Waals surface area contributed by atoms with E-state index < -0.39 is 0 Å². The lowest BCUT2D eigenvalue weighted by molar-refractivity contribution is 0.738. The van der Waals surface area contributed by atoms with E-state index in [2.05, 4.69) is 79.6 Å². The molecule has 1 nitrogen and oxygen atoms in total. The molecule has 104 valence electrons. The topological polar surface area (TPSA) is 12.0 Å². The Morgan fingerprint density at radius 1 is 1.05 bits per heavy atom. The maximum absolute atomic E-state index is 3.94. The van der Waals surface area contributed by atoms with Gasteiger partial charge in [0.15, 0.2) is 0 Å². The van der Waals surface area contributed by atoms with E-state index in [1.807, 2.05) is 12.1 Å². The zero-order chi connectivity index (χ0) is 14.7. The summed E-state index contributed by atoms with van der Waals surface area (Å²) in [6.07, 6.45) is 8.34. The van der Waals surface area contributed by atoms with Crippen LogP contribution >= 0.6 is 0 Å². The van der Waals surface area contributed by atoms with E-state index in [1.54, 1.807) is 0 Å². The van der Waals surface area contributed by atoms with Gasteiger partial charge in [0.2, 0.25) is 0 Å². The number of nitrogens with one attached hydrogen (secondary N) is 1. The summed E-state index contributed by atoms with van der Waals surface area (Å²) in [5.74, 6) is 0. The number of hydrogen-bond donors (Lipinski definition) is 1. The highest BCUT2D eigenvalue weighted by molar-refractivity contribution is 5.68. The molecule has 1 atom stereocenters. The molecule has 0 amide bonds. The van der Waals surface area contributed by atoms with Crippen molar-refractivity contribution >= 4 is 6.08 Å². The molecule has 0 fully saturated rings. The van der Waals surface area contributed by atoms with Crippen LogP contribution in [0.25, 0.3) is 17.2 Å². The van der Waals surface area contributed by atoms with Crippen LogP contribution in [0.1, 0.15) is 24.1 Å². The van der Waals surface area contributed by atoms with Crippen molar-refractivity contribution < 1.29 is 0 Å². The molecule has 1 aliphatic heterocycles. The fourth-order valence-electron chi connectivity index (χ4n) is 2.61. The highest BCUT2D eigenvalue weighted by Crippen LogP contribution is 2.29. The number of hydrogen-bond acceptors (Lipinski definition) is 1. The van der Waals surface area contributed by atoms with Gasteiger partial charge in [0.1, 0.15) is 0 Å². The van der Waals surface area contributed by atoms with E-state index in [-0.39, 0.29) is 6.04 Å². The largest absolute Gasteiger partial charge is 0.380 e. The Kier molecular flexibility index (Phi) is 3.74. The predicted octanol–water partition coefficient (Wildman–Crippen LogP) is 5.10. The molecule has 3 rings (SSSR count). The Labute approximate surface area is 126 Å². The van der Waals surface area contributed by atoms with Gasteiger partial charge in [-0.1, -0.05) is 67.3 Å². The second-order valence-electron chi connectivity index (χ2n) is 5.31. The summed E-state index contributed by atoms with van der Waals surface area (Å²) in [5.41, 5.74) is 6.14. The molecular formula is C20H19N. The van der Waals surface area contributed by atoms with Gasteiger partial charge < -0.3 is 5.32 Å². The van der Waals surface area contributed by atoms with Crippen molar-refractivity contribution in [2.75, 3.05) is 0 Å². The number of dihydropyridines is 1. The highest BCUT2D eigenvalue weighted by atomic mass is 14.9. The number of rotatable bonds is 3. The molecular weight excluding hydrogens is 254 g/mol. The minimum absolute atomic E-state index is 0.199. The quantitative estimate of drug-likeness (QED) is 0.820. The first-order valence-electron chi connectivity index (χ1n) is 7.21. The molecule has 1 heteroatoms. The van der Waals surface area contributed by atoms with E-state index in [1.165, 1.54) is 27.8 Å². The minimum Gasteiger partial charge on any atom is -0.380 e. The van der Waals surface area contributed by atoms with Crippen molar-refractivity contribution in [3.05, 3.63) is 90.2 Å². The Balaban J connectivity index is 2.03. The Hall–Kier alpha value is -2.54. The van der Waals surface area contributed by atoms with Crippen molar-refractivity contribution in [1.29, 1.82) is 0 Å². The summed E-state index contributed by atoms with van der Waals surface area (Å²) >= 11 is 0. The highest BCUT2D eigenvalue weighted by Gasteiger charge is 2.13. The lowest BCUT2D eigenvalue weighted by Gasteiger charge is -2.21. The Morgan fingerprint density at radius 3 is 2.52 bits per heavy atom. The van der Waals surface area contributed by atoms with Crippen molar-refractivity contribution in [2.24, 2.45) is 0 Å². The molecule has 0 aliphatic carbocycles. The zero-order valence-corrected chi connectivity index (χ0v) is 12.2. The van der Waals surface area contributed by atoms with Crippen molar-refractivity contribution in [1.82, 2.24) is 5.32 Å². The molecule has 2 aromatic carbocycles. The second kappa shape index (κ2) is 5.84. The monoisotopic (exact) mass is 273 g/mol. The molecule has 0 saturated heterocycles. The molecule has 0 saturated carbocycles. The Morgan fingerprint density at radius 2 is 1.86 bits per heavy atom. The summed E-state index contributed by atoms with van der Waals surface area (Å²) in [5, 5.41) is 3.44. The van der Waals surface area contributed by atoms with Crippen molar-refractivity contribution in [3.8, 4) is 11.1 Å². The normalized spacial score (nSPS) is 17.0. The summed E-state index contributed by atoms with van der Waals surface area (Å²) < 4.78 is 0. The Bertz CT molecular complexity index is 708. The van der Waals surface area contributed by atoms with Crippen LogP contribution in [0.3, 0.4) is 0 Å². The van der Waals surface area contributed by atoms with Crippen molar-refractivity contribution in [2.45, 2.75) is 13.0 Å². The average Bonchev–Trinajstić information content (AvgIpc) is 2.56. The van der Waals surface area contributed by atoms with Gasteiger partial charge in [-0.3, -0.25) is 0 Å². The fourth-order valence-corrected chi connectivity index (χ4v) is 2.61. The SMILES string of the molecule is C=Cc1ccc(-c2ccccc2)cc1C1C=CC(C)=CN1.